The lowest BCUT2D eigenvalue weighted by Crippen LogP contribution is -2.14. The smallest absolute Gasteiger partial charge is 0.275 e. The lowest BCUT2D eigenvalue weighted by atomic mass is 9.86. The molecule has 4 nitrogen and oxygen atoms in total. The Balaban J connectivity index is 2.76. The average Bonchev–Trinajstić information content (AvgIpc) is 2.38. The summed E-state index contributed by atoms with van der Waals surface area (Å²) >= 11 is 0. The fourth-order valence-electron chi connectivity index (χ4n) is 2.45. The lowest BCUT2D eigenvalue weighted by Gasteiger charge is -2.18. The van der Waals surface area contributed by atoms with Gasteiger partial charge in [-0.3, -0.25) is 10.1 Å². The van der Waals surface area contributed by atoms with Crippen molar-refractivity contribution in [3.8, 4) is 0 Å². The van der Waals surface area contributed by atoms with Gasteiger partial charge in [-0.1, -0.05) is 13.8 Å². The van der Waals surface area contributed by atoms with Gasteiger partial charge < -0.3 is 5.11 Å². The number of nitro benzene ring substituents is 1. The van der Waals surface area contributed by atoms with Crippen molar-refractivity contribution in [2.45, 2.75) is 31.8 Å². The second-order valence-corrected chi connectivity index (χ2v) is 4.72. The highest BCUT2D eigenvalue weighted by Gasteiger charge is 2.42. The standard InChI is InChI=1S/C11H12FNO3/c1-11(2)5-8(14)9-7(13(15)16)4-3-6(12)10(9)11/h3-4,8,14H,5H2,1-2H3. The molecule has 1 unspecified atom stereocenters. The van der Waals surface area contributed by atoms with Crippen molar-refractivity contribution in [3.05, 3.63) is 39.2 Å². The van der Waals surface area contributed by atoms with E-state index >= 15 is 0 Å². The number of nitro groups is 1. The molecule has 16 heavy (non-hydrogen) atoms. The van der Waals surface area contributed by atoms with E-state index in [0.29, 0.717) is 6.42 Å². The number of hydrogen-bond acceptors (Lipinski definition) is 3. The molecule has 1 N–H and O–H groups in total. The van der Waals surface area contributed by atoms with Gasteiger partial charge >= 0.3 is 0 Å². The fraction of sp³-hybridized carbons (Fsp3) is 0.455. The van der Waals surface area contributed by atoms with Crippen molar-refractivity contribution in [2.75, 3.05) is 0 Å². The number of nitrogens with zero attached hydrogens (tertiary/aromatic N) is 1. The summed E-state index contributed by atoms with van der Waals surface area (Å²) in [4.78, 5) is 10.2. The number of benzene rings is 1. The summed E-state index contributed by atoms with van der Waals surface area (Å²) in [5.74, 6) is -0.484. The third kappa shape index (κ3) is 1.39. The van der Waals surface area contributed by atoms with Crippen LogP contribution in [-0.4, -0.2) is 10.0 Å². The second kappa shape index (κ2) is 3.25. The summed E-state index contributed by atoms with van der Waals surface area (Å²) in [7, 11) is 0. The minimum absolute atomic E-state index is 0.134. The van der Waals surface area contributed by atoms with Crippen LogP contribution < -0.4 is 0 Å². The SMILES string of the molecule is CC1(C)CC(O)c2c([N+](=O)[O-])ccc(F)c21. The Bertz CT molecular complexity index is 471. The van der Waals surface area contributed by atoms with Crippen LogP contribution in [-0.2, 0) is 5.41 Å². The first-order chi connectivity index (χ1) is 7.34. The van der Waals surface area contributed by atoms with Crippen molar-refractivity contribution in [3.63, 3.8) is 0 Å². The van der Waals surface area contributed by atoms with E-state index in [2.05, 4.69) is 0 Å². The third-order valence-corrected chi connectivity index (χ3v) is 3.08. The number of rotatable bonds is 1. The molecule has 0 spiro atoms. The summed E-state index contributed by atoms with van der Waals surface area (Å²) < 4.78 is 13.7. The van der Waals surface area contributed by atoms with Crippen molar-refractivity contribution in [2.24, 2.45) is 0 Å². The molecule has 0 aromatic heterocycles. The Kier molecular flexibility index (Phi) is 2.24. The Hall–Kier alpha value is -1.49. The third-order valence-electron chi connectivity index (χ3n) is 3.08. The monoisotopic (exact) mass is 225 g/mol. The number of hydrogen-bond donors (Lipinski definition) is 1. The van der Waals surface area contributed by atoms with Gasteiger partial charge in [0.2, 0.25) is 0 Å². The summed E-state index contributed by atoms with van der Waals surface area (Å²) in [5, 5.41) is 20.6. The highest BCUT2D eigenvalue weighted by atomic mass is 19.1. The van der Waals surface area contributed by atoms with E-state index in [1.807, 2.05) is 0 Å². The quantitative estimate of drug-likeness (QED) is 0.589. The van der Waals surface area contributed by atoms with E-state index in [9.17, 15) is 19.6 Å². The number of aliphatic hydroxyl groups is 1. The van der Waals surface area contributed by atoms with E-state index in [4.69, 9.17) is 0 Å². The first-order valence-electron chi connectivity index (χ1n) is 5.00. The molecule has 86 valence electrons. The van der Waals surface area contributed by atoms with Gasteiger partial charge in [0.15, 0.2) is 0 Å². The van der Waals surface area contributed by atoms with E-state index < -0.39 is 22.3 Å². The number of halogens is 1. The van der Waals surface area contributed by atoms with Crippen molar-refractivity contribution in [1.82, 2.24) is 0 Å². The Labute approximate surface area is 91.9 Å². The number of fused-ring (bicyclic) bond motifs is 1. The Morgan fingerprint density at radius 3 is 2.75 bits per heavy atom. The normalized spacial score (nSPS) is 21.9. The van der Waals surface area contributed by atoms with Crippen LogP contribution in [0.4, 0.5) is 10.1 Å². The highest BCUT2D eigenvalue weighted by Crippen LogP contribution is 2.49. The molecule has 1 aliphatic carbocycles. The van der Waals surface area contributed by atoms with Crippen LogP contribution in [0.15, 0.2) is 12.1 Å². The zero-order valence-corrected chi connectivity index (χ0v) is 9.03. The van der Waals surface area contributed by atoms with Crippen LogP contribution >= 0.6 is 0 Å². The van der Waals surface area contributed by atoms with Crippen LogP contribution in [0.25, 0.3) is 0 Å². The van der Waals surface area contributed by atoms with E-state index in [1.165, 1.54) is 0 Å². The maximum absolute atomic E-state index is 13.7. The van der Waals surface area contributed by atoms with Crippen LogP contribution in [0.5, 0.6) is 0 Å². The van der Waals surface area contributed by atoms with Gasteiger partial charge in [-0.15, -0.1) is 0 Å². The molecule has 0 amide bonds. The summed E-state index contributed by atoms with van der Waals surface area (Å²) in [6, 6.07) is 2.20. The van der Waals surface area contributed by atoms with E-state index in [0.717, 1.165) is 12.1 Å². The van der Waals surface area contributed by atoms with Crippen LogP contribution in [0.2, 0.25) is 0 Å². The topological polar surface area (TPSA) is 63.4 Å². The fourth-order valence-corrected chi connectivity index (χ4v) is 2.45. The molecule has 0 bridgehead atoms. The molecular weight excluding hydrogens is 213 g/mol. The van der Waals surface area contributed by atoms with Crippen LogP contribution in [0.1, 0.15) is 37.5 Å². The van der Waals surface area contributed by atoms with Crippen LogP contribution in [0, 0.1) is 15.9 Å². The zero-order valence-electron chi connectivity index (χ0n) is 9.03. The zero-order chi connectivity index (χ0) is 12.1. The average molecular weight is 225 g/mol. The molecule has 1 aromatic rings. The summed E-state index contributed by atoms with van der Waals surface area (Å²) in [6.07, 6.45) is -0.648. The van der Waals surface area contributed by atoms with Gasteiger partial charge in [0.05, 0.1) is 16.6 Å². The maximum Gasteiger partial charge on any atom is 0.275 e. The van der Waals surface area contributed by atoms with Gasteiger partial charge in [0.1, 0.15) is 5.82 Å². The van der Waals surface area contributed by atoms with Gasteiger partial charge in [-0.2, -0.15) is 0 Å². The van der Waals surface area contributed by atoms with Crippen molar-refractivity contribution in [1.29, 1.82) is 0 Å². The molecular formula is C11H12FNO3. The van der Waals surface area contributed by atoms with E-state index in [1.54, 1.807) is 13.8 Å². The Morgan fingerprint density at radius 1 is 1.56 bits per heavy atom. The molecule has 0 aliphatic heterocycles. The molecule has 1 aliphatic rings. The largest absolute Gasteiger partial charge is 0.388 e. The predicted molar refractivity (Wildman–Crippen MR) is 55.7 cm³/mol. The summed E-state index contributed by atoms with van der Waals surface area (Å²) in [5.41, 5.74) is -0.358. The van der Waals surface area contributed by atoms with Crippen molar-refractivity contribution < 1.29 is 14.4 Å². The maximum atomic E-state index is 13.7. The predicted octanol–water partition coefficient (Wildman–Crippen LogP) is 2.45. The van der Waals surface area contributed by atoms with Crippen LogP contribution in [0.3, 0.4) is 0 Å². The number of aliphatic hydroxyl groups excluding tert-OH is 1. The first kappa shape index (κ1) is 11.0. The molecule has 0 saturated heterocycles. The minimum atomic E-state index is -0.957. The van der Waals surface area contributed by atoms with Gasteiger partial charge in [-0.05, 0) is 17.9 Å². The Morgan fingerprint density at radius 2 is 2.19 bits per heavy atom. The second-order valence-electron chi connectivity index (χ2n) is 4.72. The lowest BCUT2D eigenvalue weighted by molar-refractivity contribution is -0.386. The molecule has 0 heterocycles. The minimum Gasteiger partial charge on any atom is -0.388 e. The summed E-state index contributed by atoms with van der Waals surface area (Å²) in [6.45, 7) is 3.55. The molecule has 1 aromatic carbocycles. The van der Waals surface area contributed by atoms with Gasteiger partial charge in [0, 0.05) is 11.6 Å². The molecule has 1 atom stereocenters. The molecule has 0 saturated carbocycles. The van der Waals surface area contributed by atoms with Gasteiger partial charge in [0.25, 0.3) is 5.69 Å². The molecule has 0 fully saturated rings. The first-order valence-corrected chi connectivity index (χ1v) is 5.00. The molecule has 5 heteroatoms. The van der Waals surface area contributed by atoms with Crippen molar-refractivity contribution >= 4 is 5.69 Å². The highest BCUT2D eigenvalue weighted by molar-refractivity contribution is 5.53. The molecule has 0 radical (unpaired) electrons. The van der Waals surface area contributed by atoms with E-state index in [-0.39, 0.29) is 16.8 Å². The molecule has 2 rings (SSSR count). The van der Waals surface area contributed by atoms with Gasteiger partial charge in [-0.25, -0.2) is 4.39 Å².